The van der Waals surface area contributed by atoms with E-state index in [2.05, 4.69) is 83.3 Å². The van der Waals surface area contributed by atoms with Gasteiger partial charge in [-0.2, -0.15) is 0 Å². The minimum absolute atomic E-state index is 0.00101. The van der Waals surface area contributed by atoms with Gasteiger partial charge in [0.2, 0.25) is 0 Å². The number of benzene rings is 1. The fraction of sp³-hybridized carbons (Fsp3) is 0.238. The number of nitrogens with zero attached hydrogens (tertiary/aromatic N) is 3. The Balaban J connectivity index is 1.85. The molecule has 2 aromatic heterocycles. The third-order valence-electron chi connectivity index (χ3n) is 5.15. The number of hydrogen-bond donors (Lipinski definition) is 1. The summed E-state index contributed by atoms with van der Waals surface area (Å²) in [6.45, 7) is 4.27. The molecule has 0 bridgehead atoms. The third-order valence-corrected chi connectivity index (χ3v) is 5.47. The van der Waals surface area contributed by atoms with Crippen LogP contribution >= 0.6 is 12.2 Å². The van der Waals surface area contributed by atoms with Crippen LogP contribution in [0.1, 0.15) is 34.6 Å². The van der Waals surface area contributed by atoms with E-state index >= 15 is 0 Å². The van der Waals surface area contributed by atoms with Gasteiger partial charge in [-0.1, -0.05) is 12.1 Å². The molecule has 4 nitrogen and oxygen atoms in total. The van der Waals surface area contributed by atoms with E-state index in [9.17, 15) is 0 Å². The summed E-state index contributed by atoms with van der Waals surface area (Å²) < 4.78 is 2.16. The van der Waals surface area contributed by atoms with Crippen LogP contribution in [0.3, 0.4) is 0 Å². The molecular formula is C21H22N4S. The van der Waals surface area contributed by atoms with Crippen molar-refractivity contribution < 1.29 is 0 Å². The number of thiocarbonyl (C=S) groups is 1. The Kier molecular flexibility index (Phi) is 4.24. The zero-order chi connectivity index (χ0) is 18.3. The second-order valence-electron chi connectivity index (χ2n) is 6.81. The highest BCUT2D eigenvalue weighted by atomic mass is 32.1. The van der Waals surface area contributed by atoms with Crippen molar-refractivity contribution >= 4 is 23.0 Å². The molecule has 1 fully saturated rings. The van der Waals surface area contributed by atoms with Crippen LogP contribution in [0.2, 0.25) is 0 Å². The van der Waals surface area contributed by atoms with E-state index in [-0.39, 0.29) is 12.1 Å². The molecule has 0 saturated carbocycles. The van der Waals surface area contributed by atoms with Gasteiger partial charge in [0.1, 0.15) is 6.04 Å². The second-order valence-corrected chi connectivity index (χ2v) is 7.20. The summed E-state index contributed by atoms with van der Waals surface area (Å²) in [7, 11) is 2.07. The van der Waals surface area contributed by atoms with Gasteiger partial charge in [0.05, 0.1) is 11.7 Å². The topological polar surface area (TPSA) is 33.1 Å². The van der Waals surface area contributed by atoms with Crippen molar-refractivity contribution in [2.45, 2.75) is 25.9 Å². The zero-order valence-corrected chi connectivity index (χ0v) is 16.0. The molecule has 3 heterocycles. The Morgan fingerprint density at radius 1 is 1.04 bits per heavy atom. The number of aromatic nitrogens is 2. The summed E-state index contributed by atoms with van der Waals surface area (Å²) in [4.78, 5) is 6.81. The maximum atomic E-state index is 5.75. The highest BCUT2D eigenvalue weighted by Gasteiger charge is 2.41. The van der Waals surface area contributed by atoms with Gasteiger partial charge in [-0.15, -0.1) is 0 Å². The maximum absolute atomic E-state index is 5.75. The SMILES string of the molecule is Cc1ccc(N2C(=S)N[C@@H](c3ccccn3)[C@@H]2c2cccn2C)cc1C. The van der Waals surface area contributed by atoms with Gasteiger partial charge in [0.15, 0.2) is 5.11 Å². The first-order chi connectivity index (χ1) is 12.6. The van der Waals surface area contributed by atoms with Gasteiger partial charge < -0.3 is 14.8 Å². The van der Waals surface area contributed by atoms with Crippen LogP contribution in [0.15, 0.2) is 60.9 Å². The van der Waals surface area contributed by atoms with E-state index in [1.165, 1.54) is 16.8 Å². The van der Waals surface area contributed by atoms with Crippen LogP contribution in [0.25, 0.3) is 0 Å². The van der Waals surface area contributed by atoms with Crippen LogP contribution in [0, 0.1) is 13.8 Å². The van der Waals surface area contributed by atoms with Crippen molar-refractivity contribution in [1.82, 2.24) is 14.9 Å². The molecular weight excluding hydrogens is 340 g/mol. The zero-order valence-electron chi connectivity index (χ0n) is 15.2. The maximum Gasteiger partial charge on any atom is 0.174 e. The number of hydrogen-bond acceptors (Lipinski definition) is 2. The predicted molar refractivity (Wildman–Crippen MR) is 109 cm³/mol. The third kappa shape index (κ3) is 2.78. The lowest BCUT2D eigenvalue weighted by Crippen LogP contribution is -2.30. The molecule has 3 aromatic rings. The number of rotatable bonds is 3. The Morgan fingerprint density at radius 2 is 1.88 bits per heavy atom. The summed E-state index contributed by atoms with van der Waals surface area (Å²) >= 11 is 5.75. The predicted octanol–water partition coefficient (Wildman–Crippen LogP) is 4.21. The van der Waals surface area contributed by atoms with Gasteiger partial charge in [0.25, 0.3) is 0 Å². The van der Waals surface area contributed by atoms with E-state index in [0.29, 0.717) is 0 Å². The molecule has 5 heteroatoms. The Morgan fingerprint density at radius 3 is 2.54 bits per heavy atom. The number of aryl methyl sites for hydroxylation is 3. The monoisotopic (exact) mass is 362 g/mol. The van der Waals surface area contributed by atoms with Crippen molar-refractivity contribution in [3.05, 3.63) is 83.4 Å². The standard InChI is InChI=1S/C21H22N4S/c1-14-9-10-16(13-15(14)2)25-20(18-8-6-12-24(18)3)19(23-21(25)26)17-7-4-5-11-22-17/h4-13,19-20H,1-3H3,(H,23,26)/t19-,20-/m0/s1. The first kappa shape index (κ1) is 16.8. The summed E-state index contributed by atoms with van der Waals surface area (Å²) in [5, 5.41) is 4.23. The van der Waals surface area contributed by atoms with Gasteiger partial charge in [-0.05, 0) is 73.6 Å². The first-order valence-electron chi connectivity index (χ1n) is 8.75. The highest BCUT2D eigenvalue weighted by Crippen LogP contribution is 2.41. The molecule has 1 aliphatic heterocycles. The van der Waals surface area contributed by atoms with E-state index in [4.69, 9.17) is 12.2 Å². The summed E-state index contributed by atoms with van der Waals surface area (Å²) in [5.74, 6) is 0. The van der Waals surface area contributed by atoms with Crippen LogP contribution < -0.4 is 10.2 Å². The average molecular weight is 363 g/mol. The normalized spacial score (nSPS) is 19.7. The molecule has 1 aromatic carbocycles. The van der Waals surface area contributed by atoms with Gasteiger partial charge >= 0.3 is 0 Å². The van der Waals surface area contributed by atoms with Gasteiger partial charge in [0, 0.05) is 30.8 Å². The molecule has 1 N–H and O–H groups in total. The lowest BCUT2D eigenvalue weighted by Gasteiger charge is -2.28. The summed E-state index contributed by atoms with van der Waals surface area (Å²) in [6, 6.07) is 16.8. The van der Waals surface area contributed by atoms with Gasteiger partial charge in [-0.3, -0.25) is 4.98 Å². The molecule has 26 heavy (non-hydrogen) atoms. The Hall–Kier alpha value is -2.66. The Bertz CT molecular complexity index is 948. The fourth-order valence-corrected chi connectivity index (χ4v) is 3.94. The summed E-state index contributed by atoms with van der Waals surface area (Å²) in [6.07, 6.45) is 3.91. The second kappa shape index (κ2) is 6.57. The van der Waals surface area contributed by atoms with Crippen LogP contribution in [0.4, 0.5) is 5.69 Å². The molecule has 1 aliphatic rings. The van der Waals surface area contributed by atoms with E-state index in [0.717, 1.165) is 16.5 Å². The van der Waals surface area contributed by atoms with Crippen molar-refractivity contribution in [1.29, 1.82) is 0 Å². The quantitative estimate of drug-likeness (QED) is 0.708. The number of pyridine rings is 1. The molecule has 2 atom stereocenters. The largest absolute Gasteiger partial charge is 0.353 e. The van der Waals surface area contributed by atoms with Crippen LogP contribution in [-0.4, -0.2) is 14.7 Å². The van der Waals surface area contributed by atoms with Crippen molar-refractivity contribution in [3.63, 3.8) is 0 Å². The van der Waals surface area contributed by atoms with E-state index in [1.54, 1.807) is 0 Å². The molecule has 0 spiro atoms. The molecule has 4 rings (SSSR count). The van der Waals surface area contributed by atoms with Crippen molar-refractivity contribution in [2.75, 3.05) is 4.90 Å². The smallest absolute Gasteiger partial charge is 0.174 e. The van der Waals surface area contributed by atoms with Crippen molar-refractivity contribution in [2.24, 2.45) is 7.05 Å². The molecule has 0 amide bonds. The molecule has 0 unspecified atom stereocenters. The molecule has 132 valence electrons. The average Bonchev–Trinajstić information content (AvgIpc) is 3.21. The minimum atomic E-state index is -0.00101. The molecule has 1 saturated heterocycles. The van der Waals surface area contributed by atoms with E-state index < -0.39 is 0 Å². The van der Waals surface area contributed by atoms with E-state index in [1.807, 2.05) is 18.3 Å². The lowest BCUT2D eigenvalue weighted by molar-refractivity contribution is 0.541. The van der Waals surface area contributed by atoms with Crippen LogP contribution in [-0.2, 0) is 7.05 Å². The highest BCUT2D eigenvalue weighted by molar-refractivity contribution is 7.80. The number of anilines is 1. The fourth-order valence-electron chi connectivity index (χ4n) is 3.59. The van der Waals surface area contributed by atoms with Gasteiger partial charge in [-0.25, -0.2) is 0 Å². The van der Waals surface area contributed by atoms with Crippen molar-refractivity contribution in [3.8, 4) is 0 Å². The van der Waals surface area contributed by atoms with Crippen LogP contribution in [0.5, 0.6) is 0 Å². The minimum Gasteiger partial charge on any atom is -0.353 e. The Labute approximate surface area is 159 Å². The molecule has 0 radical (unpaired) electrons. The summed E-state index contributed by atoms with van der Waals surface area (Å²) in [5.41, 5.74) is 5.84. The lowest BCUT2D eigenvalue weighted by atomic mass is 10.0. The first-order valence-corrected chi connectivity index (χ1v) is 9.16. The number of nitrogens with one attached hydrogen (secondary N) is 1. The molecule has 0 aliphatic carbocycles.